The smallest absolute Gasteiger partial charge is 0.235 e. The normalized spacial score (nSPS) is 11.4. The largest absolute Gasteiger partial charge is 0.389 e. The molecule has 0 aliphatic rings. The number of hydrogen-bond acceptors (Lipinski definition) is 4. The maximum absolute atomic E-state index is 11.9. The summed E-state index contributed by atoms with van der Waals surface area (Å²) >= 11 is 4.82. The number of benzene rings is 1. The predicted octanol–water partition coefficient (Wildman–Crippen LogP) is 0.265. The molecule has 0 radical (unpaired) electrons. The summed E-state index contributed by atoms with van der Waals surface area (Å²) in [7, 11) is -3.57. The van der Waals surface area contributed by atoms with E-state index in [9.17, 15) is 13.2 Å². The molecule has 21 heavy (non-hydrogen) atoms. The highest BCUT2D eigenvalue weighted by Crippen LogP contribution is 2.07. The lowest BCUT2D eigenvalue weighted by Crippen LogP contribution is -2.40. The van der Waals surface area contributed by atoms with E-state index in [-0.39, 0.29) is 29.2 Å². The summed E-state index contributed by atoms with van der Waals surface area (Å²) in [4.78, 5) is 11.7. The SMILES string of the molecule is CC(C)NC(=O)CNS(=O)(=O)Cc1ccc(C(N)=S)cc1. The van der Waals surface area contributed by atoms with E-state index in [1.54, 1.807) is 38.1 Å². The Bertz CT molecular complexity index is 610. The molecule has 8 heteroatoms. The Kier molecular flexibility index (Phi) is 6.25. The first-order valence-electron chi connectivity index (χ1n) is 6.35. The third-order valence-corrected chi connectivity index (χ3v) is 4.03. The number of carbonyl (C=O) groups is 1. The molecule has 1 amide bonds. The van der Waals surface area contributed by atoms with Crippen molar-refractivity contribution in [2.45, 2.75) is 25.6 Å². The second-order valence-electron chi connectivity index (χ2n) is 4.86. The van der Waals surface area contributed by atoms with Crippen LogP contribution in [0.25, 0.3) is 0 Å². The van der Waals surface area contributed by atoms with Crippen LogP contribution in [0.1, 0.15) is 25.0 Å². The molecular weight excluding hydrogens is 310 g/mol. The zero-order chi connectivity index (χ0) is 16.0. The number of nitrogens with one attached hydrogen (secondary N) is 2. The van der Waals surface area contributed by atoms with Crippen molar-refractivity contribution >= 4 is 33.1 Å². The lowest BCUT2D eigenvalue weighted by atomic mass is 10.1. The number of rotatable bonds is 7. The van der Waals surface area contributed by atoms with Gasteiger partial charge in [0.05, 0.1) is 12.3 Å². The predicted molar refractivity (Wildman–Crippen MR) is 86.2 cm³/mol. The first kappa shape index (κ1) is 17.5. The minimum absolute atomic E-state index is 0.0327. The van der Waals surface area contributed by atoms with Crippen molar-refractivity contribution in [3.63, 3.8) is 0 Å². The summed E-state index contributed by atoms with van der Waals surface area (Å²) in [5.74, 6) is -0.572. The lowest BCUT2D eigenvalue weighted by Gasteiger charge is -2.10. The summed E-state index contributed by atoms with van der Waals surface area (Å²) in [6.45, 7) is 3.33. The van der Waals surface area contributed by atoms with Gasteiger partial charge in [-0.25, -0.2) is 13.1 Å². The average molecular weight is 329 g/mol. The molecular formula is C13H19N3O3S2. The molecule has 116 valence electrons. The van der Waals surface area contributed by atoms with Gasteiger partial charge in [0.2, 0.25) is 15.9 Å². The van der Waals surface area contributed by atoms with E-state index in [0.29, 0.717) is 11.1 Å². The maximum Gasteiger partial charge on any atom is 0.235 e. The number of hydrogen-bond donors (Lipinski definition) is 3. The van der Waals surface area contributed by atoms with Crippen molar-refractivity contribution in [3.8, 4) is 0 Å². The van der Waals surface area contributed by atoms with Crippen LogP contribution in [0.4, 0.5) is 0 Å². The molecule has 0 aliphatic carbocycles. The average Bonchev–Trinajstić information content (AvgIpc) is 2.36. The Hall–Kier alpha value is -1.51. The van der Waals surface area contributed by atoms with Crippen LogP contribution in [0.2, 0.25) is 0 Å². The minimum Gasteiger partial charge on any atom is -0.389 e. The van der Waals surface area contributed by atoms with E-state index in [0.717, 1.165) is 0 Å². The number of sulfonamides is 1. The van der Waals surface area contributed by atoms with Crippen molar-refractivity contribution in [1.82, 2.24) is 10.0 Å². The van der Waals surface area contributed by atoms with E-state index in [1.807, 2.05) is 0 Å². The number of amides is 1. The fourth-order valence-corrected chi connectivity index (χ4v) is 2.80. The van der Waals surface area contributed by atoms with Crippen molar-refractivity contribution < 1.29 is 13.2 Å². The number of thiocarbonyl (C=S) groups is 1. The van der Waals surface area contributed by atoms with Gasteiger partial charge in [0.15, 0.2) is 0 Å². The first-order valence-corrected chi connectivity index (χ1v) is 8.41. The molecule has 1 aromatic rings. The topological polar surface area (TPSA) is 101 Å². The van der Waals surface area contributed by atoms with Crippen LogP contribution in [0.3, 0.4) is 0 Å². The standard InChI is InChI=1S/C13H19N3O3S2/c1-9(2)16-12(17)7-15-21(18,19)8-10-3-5-11(6-4-10)13(14)20/h3-6,9,15H,7-8H2,1-2H3,(H2,14,20)(H,16,17). The Balaban J connectivity index is 2.60. The molecule has 0 fully saturated rings. The van der Waals surface area contributed by atoms with Gasteiger partial charge in [-0.3, -0.25) is 4.79 Å². The van der Waals surface area contributed by atoms with E-state index in [4.69, 9.17) is 18.0 Å². The molecule has 0 spiro atoms. The van der Waals surface area contributed by atoms with Gasteiger partial charge >= 0.3 is 0 Å². The van der Waals surface area contributed by atoms with Gasteiger partial charge in [-0.1, -0.05) is 36.5 Å². The molecule has 4 N–H and O–H groups in total. The van der Waals surface area contributed by atoms with Crippen LogP contribution in [0, 0.1) is 0 Å². The molecule has 6 nitrogen and oxygen atoms in total. The molecule has 1 rings (SSSR count). The maximum atomic E-state index is 11.9. The summed E-state index contributed by atoms with van der Waals surface area (Å²) in [6, 6.07) is 6.58. The van der Waals surface area contributed by atoms with Gasteiger partial charge < -0.3 is 11.1 Å². The van der Waals surface area contributed by atoms with E-state index < -0.39 is 10.0 Å². The highest BCUT2D eigenvalue weighted by atomic mass is 32.2. The van der Waals surface area contributed by atoms with Gasteiger partial charge in [-0.2, -0.15) is 0 Å². The van der Waals surface area contributed by atoms with Gasteiger partial charge in [0.1, 0.15) is 4.99 Å². The van der Waals surface area contributed by atoms with Crippen LogP contribution in [0.5, 0.6) is 0 Å². The Morgan fingerprint density at radius 1 is 1.29 bits per heavy atom. The summed E-state index contributed by atoms with van der Waals surface area (Å²) in [6.07, 6.45) is 0. The number of nitrogens with two attached hydrogens (primary N) is 1. The fraction of sp³-hybridized carbons (Fsp3) is 0.385. The molecule has 0 aromatic heterocycles. The van der Waals surface area contributed by atoms with Gasteiger partial charge in [-0.15, -0.1) is 0 Å². The van der Waals surface area contributed by atoms with E-state index in [1.165, 1.54) is 0 Å². The second-order valence-corrected chi connectivity index (χ2v) is 7.11. The molecule has 0 atom stereocenters. The molecule has 0 saturated carbocycles. The van der Waals surface area contributed by atoms with Gasteiger partial charge in [-0.05, 0) is 19.4 Å². The number of carbonyl (C=O) groups excluding carboxylic acids is 1. The van der Waals surface area contributed by atoms with Crippen molar-refractivity contribution in [2.24, 2.45) is 5.73 Å². The van der Waals surface area contributed by atoms with Crippen LogP contribution in [-0.4, -0.2) is 31.9 Å². The van der Waals surface area contributed by atoms with Crippen LogP contribution in [0.15, 0.2) is 24.3 Å². The molecule has 1 aromatic carbocycles. The van der Waals surface area contributed by atoms with Crippen molar-refractivity contribution in [1.29, 1.82) is 0 Å². The molecule has 0 aliphatic heterocycles. The Morgan fingerprint density at radius 2 is 1.86 bits per heavy atom. The lowest BCUT2D eigenvalue weighted by molar-refractivity contribution is -0.120. The summed E-state index contributed by atoms with van der Waals surface area (Å²) < 4.78 is 26.0. The van der Waals surface area contributed by atoms with E-state index in [2.05, 4.69) is 10.0 Å². The summed E-state index contributed by atoms with van der Waals surface area (Å²) in [5, 5.41) is 2.61. The monoisotopic (exact) mass is 329 g/mol. The van der Waals surface area contributed by atoms with Crippen molar-refractivity contribution in [3.05, 3.63) is 35.4 Å². The zero-order valence-corrected chi connectivity index (χ0v) is 13.6. The zero-order valence-electron chi connectivity index (χ0n) is 11.9. The molecule has 0 unspecified atom stereocenters. The van der Waals surface area contributed by atoms with Gasteiger partial charge in [0.25, 0.3) is 0 Å². The quantitative estimate of drug-likeness (QED) is 0.623. The summed E-state index contributed by atoms with van der Waals surface area (Å²) in [5.41, 5.74) is 6.73. The Morgan fingerprint density at radius 3 is 2.33 bits per heavy atom. The highest BCUT2D eigenvalue weighted by molar-refractivity contribution is 7.88. The second kappa shape index (κ2) is 7.48. The fourth-order valence-electron chi connectivity index (χ4n) is 1.58. The molecule has 0 saturated heterocycles. The van der Waals surface area contributed by atoms with Crippen LogP contribution < -0.4 is 15.8 Å². The van der Waals surface area contributed by atoms with Crippen LogP contribution in [-0.2, 0) is 20.6 Å². The van der Waals surface area contributed by atoms with E-state index >= 15 is 0 Å². The molecule has 0 bridgehead atoms. The van der Waals surface area contributed by atoms with Crippen LogP contribution >= 0.6 is 12.2 Å². The highest BCUT2D eigenvalue weighted by Gasteiger charge is 2.14. The third kappa shape index (κ3) is 6.65. The molecule has 0 heterocycles. The Labute approximate surface area is 130 Å². The van der Waals surface area contributed by atoms with Gasteiger partial charge in [0, 0.05) is 11.6 Å². The van der Waals surface area contributed by atoms with Crippen molar-refractivity contribution in [2.75, 3.05) is 6.54 Å². The third-order valence-electron chi connectivity index (χ3n) is 2.50. The minimum atomic E-state index is -3.57. The first-order chi connectivity index (χ1) is 9.69.